The summed E-state index contributed by atoms with van der Waals surface area (Å²) < 4.78 is 0. The van der Waals surface area contributed by atoms with Gasteiger partial charge in [-0.2, -0.15) is 0 Å². The molecule has 3 aliphatic rings. The highest BCUT2D eigenvalue weighted by Gasteiger charge is 2.45. The predicted octanol–water partition coefficient (Wildman–Crippen LogP) is 6.56. The number of aromatic hydroxyl groups is 1. The van der Waals surface area contributed by atoms with Crippen molar-refractivity contribution in [2.24, 2.45) is 23.7 Å². The number of rotatable bonds is 8. The van der Waals surface area contributed by atoms with Crippen molar-refractivity contribution in [3.63, 3.8) is 0 Å². The van der Waals surface area contributed by atoms with E-state index in [0.29, 0.717) is 5.75 Å². The molecule has 5 atom stereocenters. The Bertz CT molecular complexity index is 882. The number of pyridine rings is 1. The van der Waals surface area contributed by atoms with E-state index < -0.39 is 0 Å². The molecule has 1 aromatic heterocycles. The molecule has 2 fully saturated rings. The van der Waals surface area contributed by atoms with Gasteiger partial charge in [0, 0.05) is 12.7 Å². The van der Waals surface area contributed by atoms with Crippen molar-refractivity contribution < 1.29 is 5.11 Å². The highest BCUT2D eigenvalue weighted by molar-refractivity contribution is 5.39. The summed E-state index contributed by atoms with van der Waals surface area (Å²) in [5.41, 5.74) is 4.16. The summed E-state index contributed by atoms with van der Waals surface area (Å²) in [5, 5.41) is 9.88. The second-order valence-electron chi connectivity index (χ2n) is 10.9. The average Bonchev–Trinajstić information content (AvgIpc) is 3.19. The lowest BCUT2D eigenvalue weighted by atomic mass is 9.61. The first-order valence-corrected chi connectivity index (χ1v) is 13.1. The van der Waals surface area contributed by atoms with Crippen LogP contribution in [-0.4, -0.2) is 28.6 Å². The molecule has 1 heterocycles. The molecule has 172 valence electrons. The van der Waals surface area contributed by atoms with Crippen molar-refractivity contribution in [2.75, 3.05) is 13.6 Å². The minimum atomic E-state index is 0.444. The van der Waals surface area contributed by atoms with E-state index in [2.05, 4.69) is 35.1 Å². The van der Waals surface area contributed by atoms with E-state index in [-0.39, 0.29) is 0 Å². The number of phenols is 1. The topological polar surface area (TPSA) is 36.4 Å². The van der Waals surface area contributed by atoms with Crippen LogP contribution in [0, 0.1) is 23.7 Å². The molecule has 3 aliphatic carbocycles. The second kappa shape index (κ2) is 9.95. The third-order valence-electron chi connectivity index (χ3n) is 8.90. The fraction of sp³-hybridized carbons (Fsp3) is 0.621. The van der Waals surface area contributed by atoms with Gasteiger partial charge in [0.1, 0.15) is 5.75 Å². The first-order chi connectivity index (χ1) is 15.7. The summed E-state index contributed by atoms with van der Waals surface area (Å²) in [5.74, 6) is 5.00. The van der Waals surface area contributed by atoms with Crippen LogP contribution in [0.25, 0.3) is 0 Å². The largest absolute Gasteiger partial charge is 0.508 e. The molecule has 1 N–H and O–H groups in total. The summed E-state index contributed by atoms with van der Waals surface area (Å²) in [4.78, 5) is 6.86. The number of hydrogen-bond donors (Lipinski definition) is 1. The van der Waals surface area contributed by atoms with Gasteiger partial charge in [0.25, 0.3) is 0 Å². The standard InChI is InChI=1S/C29H40N2O/c1-31(20-25-8-4-5-15-30-25)16-6-2-3-7-21-9-10-23-19-29-24(18-28(21)23)12-11-22-17-26(32)13-14-27(22)29/h4-5,8,13-15,17,21,23-24,28-29,32H,2-3,6-7,9-12,16,18-20H2,1H3/t21-,23?,24?,28?,29?/m0/s1. The van der Waals surface area contributed by atoms with Crippen LogP contribution in [0.2, 0.25) is 0 Å². The maximum Gasteiger partial charge on any atom is 0.115 e. The Hall–Kier alpha value is -1.87. The number of nitrogens with zero attached hydrogens (tertiary/aromatic N) is 2. The Labute approximate surface area is 194 Å². The zero-order chi connectivity index (χ0) is 21.9. The van der Waals surface area contributed by atoms with Crippen LogP contribution in [0.5, 0.6) is 5.75 Å². The second-order valence-corrected chi connectivity index (χ2v) is 10.9. The first kappa shape index (κ1) is 21.9. The molecular formula is C29H40N2O. The van der Waals surface area contributed by atoms with Gasteiger partial charge in [0.2, 0.25) is 0 Å². The summed E-state index contributed by atoms with van der Waals surface area (Å²) in [6.07, 6.45) is 15.7. The van der Waals surface area contributed by atoms with Crippen LogP contribution >= 0.6 is 0 Å². The SMILES string of the molecule is CN(CCCCC[C@H]1CCC2CC3c4ccc(O)cc4CCC3CC21)Cc1ccccn1. The summed E-state index contributed by atoms with van der Waals surface area (Å²) in [6, 6.07) is 12.4. The molecule has 0 amide bonds. The number of phenolic OH excluding ortho intramolecular Hbond substituents is 1. The molecule has 0 saturated heterocycles. The number of aryl methyl sites for hydroxylation is 1. The summed E-state index contributed by atoms with van der Waals surface area (Å²) >= 11 is 0. The maximum atomic E-state index is 9.88. The number of benzene rings is 1. The van der Waals surface area contributed by atoms with Crippen LogP contribution in [0.3, 0.4) is 0 Å². The molecule has 0 radical (unpaired) electrons. The molecule has 32 heavy (non-hydrogen) atoms. The highest BCUT2D eigenvalue weighted by Crippen LogP contribution is 2.56. The Kier molecular flexibility index (Phi) is 6.83. The fourth-order valence-electron chi connectivity index (χ4n) is 7.33. The van der Waals surface area contributed by atoms with Crippen LogP contribution in [0.4, 0.5) is 0 Å². The Morgan fingerprint density at radius 3 is 2.81 bits per heavy atom. The average molecular weight is 433 g/mol. The quantitative estimate of drug-likeness (QED) is 0.480. The monoisotopic (exact) mass is 432 g/mol. The van der Waals surface area contributed by atoms with E-state index in [1.165, 1.54) is 82.0 Å². The van der Waals surface area contributed by atoms with Crippen LogP contribution in [0.1, 0.15) is 80.5 Å². The lowest BCUT2D eigenvalue weighted by molar-refractivity contribution is 0.131. The molecule has 3 heteroatoms. The Morgan fingerprint density at radius 1 is 1.00 bits per heavy atom. The van der Waals surface area contributed by atoms with Crippen molar-refractivity contribution in [1.29, 1.82) is 0 Å². The Morgan fingerprint density at radius 2 is 1.94 bits per heavy atom. The number of aromatic nitrogens is 1. The molecule has 5 rings (SSSR count). The number of fused-ring (bicyclic) bond motifs is 4. The third kappa shape index (κ3) is 4.88. The van der Waals surface area contributed by atoms with Crippen LogP contribution in [-0.2, 0) is 13.0 Å². The van der Waals surface area contributed by atoms with E-state index >= 15 is 0 Å². The van der Waals surface area contributed by atoms with Gasteiger partial charge < -0.3 is 10.0 Å². The molecule has 0 aliphatic heterocycles. The van der Waals surface area contributed by atoms with Gasteiger partial charge in [-0.05, 0) is 124 Å². The van der Waals surface area contributed by atoms with E-state index in [0.717, 1.165) is 36.1 Å². The first-order valence-electron chi connectivity index (χ1n) is 13.1. The minimum Gasteiger partial charge on any atom is -0.508 e. The normalized spacial score (nSPS) is 28.9. The van der Waals surface area contributed by atoms with Gasteiger partial charge in [-0.3, -0.25) is 4.98 Å². The van der Waals surface area contributed by atoms with E-state index in [1.54, 1.807) is 5.56 Å². The van der Waals surface area contributed by atoms with Crippen molar-refractivity contribution in [3.8, 4) is 5.75 Å². The van der Waals surface area contributed by atoms with Gasteiger partial charge >= 0.3 is 0 Å². The third-order valence-corrected chi connectivity index (χ3v) is 8.90. The molecule has 1 aromatic carbocycles. The van der Waals surface area contributed by atoms with Crippen molar-refractivity contribution in [3.05, 3.63) is 59.4 Å². The minimum absolute atomic E-state index is 0.444. The lowest BCUT2D eigenvalue weighted by Crippen LogP contribution is -2.33. The molecule has 3 nitrogen and oxygen atoms in total. The molecule has 2 aromatic rings. The van der Waals surface area contributed by atoms with Crippen molar-refractivity contribution in [1.82, 2.24) is 9.88 Å². The van der Waals surface area contributed by atoms with Gasteiger partial charge in [0.15, 0.2) is 0 Å². The van der Waals surface area contributed by atoms with Gasteiger partial charge in [-0.1, -0.05) is 31.4 Å². The fourth-order valence-corrected chi connectivity index (χ4v) is 7.33. The molecular weight excluding hydrogens is 392 g/mol. The van der Waals surface area contributed by atoms with Crippen molar-refractivity contribution >= 4 is 0 Å². The summed E-state index contributed by atoms with van der Waals surface area (Å²) in [6.45, 7) is 2.13. The zero-order valence-electron chi connectivity index (χ0n) is 19.8. The van der Waals surface area contributed by atoms with E-state index in [1.807, 2.05) is 24.4 Å². The Balaban J connectivity index is 1.06. The molecule has 0 bridgehead atoms. The highest BCUT2D eigenvalue weighted by atomic mass is 16.3. The van der Waals surface area contributed by atoms with Crippen LogP contribution < -0.4 is 0 Å². The molecule has 2 saturated carbocycles. The molecule has 0 spiro atoms. The smallest absolute Gasteiger partial charge is 0.115 e. The zero-order valence-corrected chi connectivity index (χ0v) is 19.8. The van der Waals surface area contributed by atoms with Crippen LogP contribution in [0.15, 0.2) is 42.6 Å². The maximum absolute atomic E-state index is 9.88. The number of hydrogen-bond acceptors (Lipinski definition) is 3. The van der Waals surface area contributed by atoms with Gasteiger partial charge in [-0.25, -0.2) is 0 Å². The van der Waals surface area contributed by atoms with Gasteiger partial charge in [0.05, 0.1) is 5.69 Å². The van der Waals surface area contributed by atoms with Gasteiger partial charge in [-0.15, -0.1) is 0 Å². The molecule has 4 unspecified atom stereocenters. The summed E-state index contributed by atoms with van der Waals surface area (Å²) in [7, 11) is 2.22. The van der Waals surface area contributed by atoms with E-state index in [4.69, 9.17) is 0 Å². The lowest BCUT2D eigenvalue weighted by Gasteiger charge is -2.44. The van der Waals surface area contributed by atoms with E-state index in [9.17, 15) is 5.11 Å². The number of unbranched alkanes of at least 4 members (excludes halogenated alkanes) is 2. The predicted molar refractivity (Wildman–Crippen MR) is 131 cm³/mol. The van der Waals surface area contributed by atoms with Crippen molar-refractivity contribution in [2.45, 2.75) is 76.7 Å².